The Balaban J connectivity index is 1.68. The first-order valence-electron chi connectivity index (χ1n) is 7.02. The van der Waals surface area contributed by atoms with Crippen LogP contribution in [0, 0.1) is 0 Å². The van der Waals surface area contributed by atoms with E-state index in [4.69, 9.17) is 23.2 Å². The molecule has 23 heavy (non-hydrogen) atoms. The lowest BCUT2D eigenvalue weighted by Gasteiger charge is -2.13. The highest BCUT2D eigenvalue weighted by molar-refractivity contribution is 6.34. The number of aromatic nitrogens is 1. The van der Waals surface area contributed by atoms with Crippen LogP contribution < -0.4 is 5.32 Å². The Labute approximate surface area is 143 Å². The molecule has 2 aromatic carbocycles. The molecule has 1 aromatic heterocycles. The van der Waals surface area contributed by atoms with Gasteiger partial charge in [0.05, 0.1) is 6.10 Å². The van der Waals surface area contributed by atoms with Gasteiger partial charge in [0.2, 0.25) is 0 Å². The molecule has 0 fully saturated rings. The van der Waals surface area contributed by atoms with E-state index < -0.39 is 6.10 Å². The summed E-state index contributed by atoms with van der Waals surface area (Å²) in [5, 5.41) is 14.8. The van der Waals surface area contributed by atoms with Gasteiger partial charge in [-0.1, -0.05) is 29.3 Å². The summed E-state index contributed by atoms with van der Waals surface area (Å²) in [6.45, 7) is 0.0677. The number of carbonyl (C=O) groups is 1. The molecule has 3 N–H and O–H groups in total. The molecule has 1 amide bonds. The largest absolute Gasteiger partial charge is 0.387 e. The van der Waals surface area contributed by atoms with Gasteiger partial charge in [0.1, 0.15) is 0 Å². The molecule has 1 heterocycles. The van der Waals surface area contributed by atoms with E-state index in [0.29, 0.717) is 21.2 Å². The van der Waals surface area contributed by atoms with Crippen LogP contribution in [0.3, 0.4) is 0 Å². The maximum atomic E-state index is 12.2. The highest BCUT2D eigenvalue weighted by atomic mass is 35.5. The van der Waals surface area contributed by atoms with Gasteiger partial charge in [-0.15, -0.1) is 0 Å². The predicted molar refractivity (Wildman–Crippen MR) is 92.1 cm³/mol. The number of H-pyrrole nitrogens is 1. The van der Waals surface area contributed by atoms with Crippen LogP contribution in [0.5, 0.6) is 0 Å². The zero-order valence-electron chi connectivity index (χ0n) is 12.0. The van der Waals surface area contributed by atoms with E-state index in [-0.39, 0.29) is 12.5 Å². The van der Waals surface area contributed by atoms with Gasteiger partial charge in [-0.05, 0) is 47.3 Å². The summed E-state index contributed by atoms with van der Waals surface area (Å²) in [6.07, 6.45) is 0.934. The van der Waals surface area contributed by atoms with E-state index in [1.807, 2.05) is 18.3 Å². The van der Waals surface area contributed by atoms with Gasteiger partial charge in [-0.25, -0.2) is 0 Å². The number of carbonyl (C=O) groups excluding carboxylic acids is 1. The molecule has 1 unspecified atom stereocenters. The number of nitrogens with one attached hydrogen (secondary N) is 2. The topological polar surface area (TPSA) is 65.1 Å². The van der Waals surface area contributed by atoms with Crippen LogP contribution in [-0.2, 0) is 0 Å². The fourth-order valence-corrected chi connectivity index (χ4v) is 2.91. The fraction of sp³-hybridized carbons (Fsp3) is 0.118. The fourth-order valence-electron chi connectivity index (χ4n) is 2.37. The number of rotatable bonds is 4. The van der Waals surface area contributed by atoms with Crippen molar-refractivity contribution in [1.82, 2.24) is 10.3 Å². The molecular weight excluding hydrogens is 335 g/mol. The summed E-state index contributed by atoms with van der Waals surface area (Å²) in [4.78, 5) is 15.3. The molecule has 0 aliphatic rings. The predicted octanol–water partition coefficient (Wildman–Crippen LogP) is 3.94. The maximum absolute atomic E-state index is 12.2. The Hall–Kier alpha value is -2.01. The number of amides is 1. The van der Waals surface area contributed by atoms with Crippen LogP contribution >= 0.6 is 23.2 Å². The Bertz CT molecular complexity index is 840. The van der Waals surface area contributed by atoms with Crippen molar-refractivity contribution in [2.24, 2.45) is 0 Å². The molecule has 0 bridgehead atoms. The quantitative estimate of drug-likeness (QED) is 0.668. The summed E-state index contributed by atoms with van der Waals surface area (Å²) >= 11 is 11.8. The Morgan fingerprint density at radius 3 is 2.61 bits per heavy atom. The van der Waals surface area contributed by atoms with Gasteiger partial charge in [0.15, 0.2) is 0 Å². The SMILES string of the molecule is O=C(NCC(O)c1cc(Cl)cc(Cl)c1)c1ccc2cc[nH]c2c1. The molecule has 0 aliphatic carbocycles. The molecule has 3 rings (SSSR count). The number of fused-ring (bicyclic) bond motifs is 1. The highest BCUT2D eigenvalue weighted by Gasteiger charge is 2.12. The van der Waals surface area contributed by atoms with Gasteiger partial charge >= 0.3 is 0 Å². The van der Waals surface area contributed by atoms with Crippen molar-refractivity contribution in [3.8, 4) is 0 Å². The molecule has 0 aliphatic heterocycles. The van der Waals surface area contributed by atoms with Gasteiger partial charge < -0.3 is 15.4 Å². The van der Waals surface area contributed by atoms with E-state index in [9.17, 15) is 9.90 Å². The van der Waals surface area contributed by atoms with Gasteiger partial charge in [-0.3, -0.25) is 4.79 Å². The number of aliphatic hydroxyl groups is 1. The number of halogens is 2. The third kappa shape index (κ3) is 3.67. The summed E-state index contributed by atoms with van der Waals surface area (Å²) in [6, 6.07) is 12.1. The Kier molecular flexibility index (Phi) is 4.57. The summed E-state index contributed by atoms with van der Waals surface area (Å²) in [7, 11) is 0. The van der Waals surface area contributed by atoms with Gasteiger partial charge in [0.25, 0.3) is 5.91 Å². The van der Waals surface area contributed by atoms with Crippen LogP contribution in [0.2, 0.25) is 10.0 Å². The van der Waals surface area contributed by atoms with Crippen molar-refractivity contribution in [1.29, 1.82) is 0 Å². The van der Waals surface area contributed by atoms with Crippen LogP contribution in [-0.4, -0.2) is 22.5 Å². The van der Waals surface area contributed by atoms with E-state index in [1.54, 1.807) is 30.3 Å². The number of benzene rings is 2. The number of hydrogen-bond acceptors (Lipinski definition) is 2. The first-order valence-corrected chi connectivity index (χ1v) is 7.78. The average Bonchev–Trinajstić information content (AvgIpc) is 2.98. The van der Waals surface area contributed by atoms with Crippen molar-refractivity contribution in [3.05, 3.63) is 69.8 Å². The van der Waals surface area contributed by atoms with E-state index in [1.165, 1.54) is 0 Å². The molecule has 1 atom stereocenters. The smallest absolute Gasteiger partial charge is 0.251 e. The van der Waals surface area contributed by atoms with Crippen molar-refractivity contribution in [2.75, 3.05) is 6.54 Å². The summed E-state index contributed by atoms with van der Waals surface area (Å²) in [5.74, 6) is -0.256. The second-order valence-electron chi connectivity index (χ2n) is 5.21. The molecule has 0 saturated heterocycles. The lowest BCUT2D eigenvalue weighted by Crippen LogP contribution is -2.28. The average molecular weight is 349 g/mol. The lowest BCUT2D eigenvalue weighted by atomic mass is 10.1. The third-order valence-corrected chi connectivity index (χ3v) is 3.98. The second-order valence-corrected chi connectivity index (χ2v) is 6.08. The Morgan fingerprint density at radius 1 is 1.13 bits per heavy atom. The lowest BCUT2D eigenvalue weighted by molar-refractivity contribution is 0.0916. The minimum absolute atomic E-state index is 0.0677. The molecular formula is C17H14Cl2N2O2. The summed E-state index contributed by atoms with van der Waals surface area (Å²) < 4.78 is 0. The van der Waals surface area contributed by atoms with E-state index >= 15 is 0 Å². The van der Waals surface area contributed by atoms with Crippen molar-refractivity contribution >= 4 is 40.0 Å². The van der Waals surface area contributed by atoms with Crippen LogP contribution in [0.4, 0.5) is 0 Å². The minimum Gasteiger partial charge on any atom is -0.387 e. The van der Waals surface area contributed by atoms with Crippen LogP contribution in [0.1, 0.15) is 22.0 Å². The third-order valence-electron chi connectivity index (χ3n) is 3.54. The second kappa shape index (κ2) is 6.62. The number of aromatic amines is 1. The maximum Gasteiger partial charge on any atom is 0.251 e. The zero-order valence-corrected chi connectivity index (χ0v) is 13.5. The number of aliphatic hydroxyl groups excluding tert-OH is 1. The van der Waals surface area contributed by atoms with Crippen molar-refractivity contribution in [3.63, 3.8) is 0 Å². The highest BCUT2D eigenvalue weighted by Crippen LogP contribution is 2.23. The molecule has 6 heteroatoms. The van der Waals surface area contributed by atoms with Crippen molar-refractivity contribution < 1.29 is 9.90 Å². The monoisotopic (exact) mass is 348 g/mol. The standard InChI is InChI=1S/C17H14Cl2N2O2/c18-13-5-12(6-14(19)8-13)16(22)9-21-17(23)11-2-1-10-3-4-20-15(10)7-11/h1-8,16,20,22H,9H2,(H,21,23). The zero-order chi connectivity index (χ0) is 16.4. The van der Waals surface area contributed by atoms with Crippen molar-refractivity contribution in [2.45, 2.75) is 6.10 Å². The van der Waals surface area contributed by atoms with E-state index in [2.05, 4.69) is 10.3 Å². The minimum atomic E-state index is -0.885. The molecule has 118 valence electrons. The van der Waals surface area contributed by atoms with Gasteiger partial charge in [-0.2, -0.15) is 0 Å². The first kappa shape index (κ1) is 15.9. The normalized spacial score (nSPS) is 12.3. The molecule has 3 aromatic rings. The number of hydrogen-bond donors (Lipinski definition) is 3. The summed E-state index contributed by atoms with van der Waals surface area (Å²) in [5.41, 5.74) is 1.97. The van der Waals surface area contributed by atoms with E-state index in [0.717, 1.165) is 10.9 Å². The molecule has 0 radical (unpaired) electrons. The Morgan fingerprint density at radius 2 is 1.87 bits per heavy atom. The molecule has 4 nitrogen and oxygen atoms in total. The molecule has 0 spiro atoms. The first-order chi connectivity index (χ1) is 11.0. The molecule has 0 saturated carbocycles. The van der Waals surface area contributed by atoms with Gasteiger partial charge in [0, 0.05) is 33.9 Å². The van der Waals surface area contributed by atoms with Crippen LogP contribution in [0.15, 0.2) is 48.7 Å². The van der Waals surface area contributed by atoms with Crippen LogP contribution in [0.25, 0.3) is 10.9 Å².